The highest BCUT2D eigenvalue weighted by Crippen LogP contribution is 1.99. The number of nitrogens with zero attached hydrogens (tertiary/aromatic N) is 2. The van der Waals surface area contributed by atoms with Gasteiger partial charge >= 0.3 is 5.97 Å². The molecule has 0 fully saturated rings. The number of anilines is 1. The molecule has 2 N–H and O–H groups in total. The van der Waals surface area contributed by atoms with Crippen LogP contribution in [0.5, 0.6) is 0 Å². The van der Waals surface area contributed by atoms with E-state index in [-0.39, 0.29) is 0 Å². The maximum Gasteiger partial charge on any atom is 0.328 e. The van der Waals surface area contributed by atoms with Crippen LogP contribution in [0.4, 0.5) is 5.69 Å². The molecule has 0 saturated heterocycles. The average molecular weight is 193 g/mol. The van der Waals surface area contributed by atoms with E-state index in [0.717, 1.165) is 12.2 Å². The Bertz CT molecular complexity index is 361. The number of amides is 1. The molecule has 0 atom stereocenters. The number of hydrogen-bond acceptors (Lipinski definition) is 4. The van der Waals surface area contributed by atoms with Crippen molar-refractivity contribution in [3.8, 4) is 0 Å². The van der Waals surface area contributed by atoms with Gasteiger partial charge in [0.25, 0.3) is 0 Å². The van der Waals surface area contributed by atoms with Gasteiger partial charge in [-0.3, -0.25) is 4.79 Å². The van der Waals surface area contributed by atoms with Crippen LogP contribution in [0.3, 0.4) is 0 Å². The molecule has 6 nitrogen and oxygen atoms in total. The predicted molar refractivity (Wildman–Crippen MR) is 47.4 cm³/mol. The smallest absolute Gasteiger partial charge is 0.328 e. The first-order chi connectivity index (χ1) is 6.68. The molecule has 0 aliphatic carbocycles. The Morgan fingerprint density at radius 1 is 1.29 bits per heavy atom. The lowest BCUT2D eigenvalue weighted by Crippen LogP contribution is -2.08. The summed E-state index contributed by atoms with van der Waals surface area (Å²) >= 11 is 0. The number of nitrogens with one attached hydrogen (secondary N) is 1. The number of carbonyl (C=O) groups excluding carboxylic acids is 1. The average Bonchev–Trinajstić information content (AvgIpc) is 2.16. The van der Waals surface area contributed by atoms with Gasteiger partial charge in [-0.2, -0.15) is 0 Å². The zero-order valence-electron chi connectivity index (χ0n) is 7.04. The van der Waals surface area contributed by atoms with Gasteiger partial charge in [0.1, 0.15) is 6.33 Å². The maximum absolute atomic E-state index is 11.0. The van der Waals surface area contributed by atoms with E-state index in [0.29, 0.717) is 5.69 Å². The summed E-state index contributed by atoms with van der Waals surface area (Å²) in [6, 6.07) is 0. The first-order valence-corrected chi connectivity index (χ1v) is 3.65. The zero-order valence-corrected chi connectivity index (χ0v) is 7.04. The molecule has 0 radical (unpaired) electrons. The van der Waals surface area contributed by atoms with Crippen molar-refractivity contribution in [2.45, 2.75) is 0 Å². The third-order valence-corrected chi connectivity index (χ3v) is 1.21. The van der Waals surface area contributed by atoms with Crippen LogP contribution in [0.1, 0.15) is 0 Å². The van der Waals surface area contributed by atoms with Crippen LogP contribution in [-0.2, 0) is 9.59 Å². The molecule has 0 aliphatic rings. The molecule has 14 heavy (non-hydrogen) atoms. The fourth-order valence-corrected chi connectivity index (χ4v) is 0.695. The molecule has 1 aromatic heterocycles. The molecule has 1 amide bonds. The predicted octanol–water partition coefficient (Wildman–Crippen LogP) is 0.0559. The standard InChI is InChI=1S/C8H7N3O3/c12-7(1-2-8(13)14)11-6-3-9-5-10-4-6/h1-5H,(H,11,12)(H,13,14)/b2-1+. The Morgan fingerprint density at radius 2 is 1.93 bits per heavy atom. The van der Waals surface area contributed by atoms with E-state index in [2.05, 4.69) is 15.3 Å². The van der Waals surface area contributed by atoms with Gasteiger partial charge in [-0.05, 0) is 0 Å². The number of carboxylic acid groups (broad SMARTS) is 1. The van der Waals surface area contributed by atoms with Crippen LogP contribution in [0.2, 0.25) is 0 Å². The zero-order chi connectivity index (χ0) is 10.4. The Hall–Kier alpha value is -2.24. The van der Waals surface area contributed by atoms with Gasteiger partial charge in [-0.25, -0.2) is 14.8 Å². The SMILES string of the molecule is O=C(O)/C=C/C(=O)Nc1cncnc1. The normalized spacial score (nSPS) is 10.0. The molecule has 1 aromatic rings. The third kappa shape index (κ3) is 3.44. The Balaban J connectivity index is 2.54. The van der Waals surface area contributed by atoms with Crippen molar-refractivity contribution >= 4 is 17.6 Å². The molecular weight excluding hydrogens is 186 g/mol. The highest BCUT2D eigenvalue weighted by Gasteiger charge is 1.97. The van der Waals surface area contributed by atoms with Crippen LogP contribution in [0.25, 0.3) is 0 Å². The lowest BCUT2D eigenvalue weighted by atomic mass is 10.4. The summed E-state index contributed by atoms with van der Waals surface area (Å²) in [5, 5.41) is 10.6. The molecule has 0 unspecified atom stereocenters. The number of rotatable bonds is 3. The Labute approximate surface area is 79.3 Å². The lowest BCUT2D eigenvalue weighted by Gasteiger charge is -1.98. The van der Waals surface area contributed by atoms with Crippen LogP contribution < -0.4 is 5.32 Å². The molecule has 0 bridgehead atoms. The summed E-state index contributed by atoms with van der Waals surface area (Å²) in [7, 11) is 0. The van der Waals surface area contributed by atoms with Gasteiger partial charge in [-0.1, -0.05) is 0 Å². The molecule has 0 aromatic carbocycles. The van der Waals surface area contributed by atoms with Crippen LogP contribution >= 0.6 is 0 Å². The fourth-order valence-electron chi connectivity index (χ4n) is 0.695. The summed E-state index contributed by atoms with van der Waals surface area (Å²) in [5.74, 6) is -1.72. The summed E-state index contributed by atoms with van der Waals surface area (Å²) in [6.45, 7) is 0. The largest absolute Gasteiger partial charge is 0.478 e. The van der Waals surface area contributed by atoms with Crippen molar-refractivity contribution in [3.05, 3.63) is 30.9 Å². The fraction of sp³-hybridized carbons (Fsp3) is 0. The highest BCUT2D eigenvalue weighted by atomic mass is 16.4. The van der Waals surface area contributed by atoms with E-state index < -0.39 is 11.9 Å². The first kappa shape index (κ1) is 9.85. The van der Waals surface area contributed by atoms with Gasteiger partial charge in [-0.15, -0.1) is 0 Å². The Kier molecular flexibility index (Phi) is 3.31. The number of hydrogen-bond donors (Lipinski definition) is 2. The molecule has 1 rings (SSSR count). The van der Waals surface area contributed by atoms with Crippen molar-refractivity contribution in [3.63, 3.8) is 0 Å². The number of aliphatic carboxylic acids is 1. The minimum absolute atomic E-state index is 0.410. The second-order valence-electron chi connectivity index (χ2n) is 2.29. The molecule has 0 saturated carbocycles. The van der Waals surface area contributed by atoms with E-state index in [9.17, 15) is 9.59 Å². The maximum atomic E-state index is 11.0. The molecule has 72 valence electrons. The van der Waals surface area contributed by atoms with E-state index >= 15 is 0 Å². The first-order valence-electron chi connectivity index (χ1n) is 3.65. The number of carboxylic acids is 1. The van der Waals surface area contributed by atoms with E-state index in [1.807, 2.05) is 0 Å². The monoisotopic (exact) mass is 193 g/mol. The van der Waals surface area contributed by atoms with E-state index in [1.54, 1.807) is 0 Å². The van der Waals surface area contributed by atoms with Crippen molar-refractivity contribution in [2.24, 2.45) is 0 Å². The summed E-state index contributed by atoms with van der Waals surface area (Å²) < 4.78 is 0. The number of carbonyl (C=O) groups is 2. The molecule has 6 heteroatoms. The van der Waals surface area contributed by atoms with Crippen molar-refractivity contribution in [1.29, 1.82) is 0 Å². The van der Waals surface area contributed by atoms with Crippen LogP contribution in [0, 0.1) is 0 Å². The molecule has 0 aliphatic heterocycles. The Morgan fingerprint density at radius 3 is 2.50 bits per heavy atom. The van der Waals surface area contributed by atoms with Crippen LogP contribution in [0.15, 0.2) is 30.9 Å². The highest BCUT2D eigenvalue weighted by molar-refractivity contribution is 6.02. The second-order valence-corrected chi connectivity index (χ2v) is 2.29. The van der Waals surface area contributed by atoms with Gasteiger partial charge in [0.2, 0.25) is 5.91 Å². The summed E-state index contributed by atoms with van der Waals surface area (Å²) in [5.41, 5.74) is 0.410. The second kappa shape index (κ2) is 4.70. The van der Waals surface area contributed by atoms with Gasteiger partial charge in [0.05, 0.1) is 18.1 Å². The van der Waals surface area contributed by atoms with Gasteiger partial charge in [0.15, 0.2) is 0 Å². The molecular formula is C8H7N3O3. The minimum Gasteiger partial charge on any atom is -0.478 e. The third-order valence-electron chi connectivity index (χ3n) is 1.21. The lowest BCUT2D eigenvalue weighted by molar-refractivity contribution is -0.131. The van der Waals surface area contributed by atoms with Crippen molar-refractivity contribution < 1.29 is 14.7 Å². The van der Waals surface area contributed by atoms with Crippen LogP contribution in [-0.4, -0.2) is 27.0 Å². The number of aromatic nitrogens is 2. The minimum atomic E-state index is -1.18. The quantitative estimate of drug-likeness (QED) is 0.662. The van der Waals surface area contributed by atoms with Crippen molar-refractivity contribution in [2.75, 3.05) is 5.32 Å². The van der Waals surface area contributed by atoms with Gasteiger partial charge < -0.3 is 10.4 Å². The summed E-state index contributed by atoms with van der Waals surface area (Å²) in [6.07, 6.45) is 5.79. The van der Waals surface area contributed by atoms with Gasteiger partial charge in [0, 0.05) is 12.2 Å². The summed E-state index contributed by atoms with van der Waals surface area (Å²) in [4.78, 5) is 28.4. The van der Waals surface area contributed by atoms with Crippen molar-refractivity contribution in [1.82, 2.24) is 9.97 Å². The molecule has 0 spiro atoms. The topological polar surface area (TPSA) is 92.2 Å². The molecule has 1 heterocycles. The van der Waals surface area contributed by atoms with E-state index in [4.69, 9.17) is 5.11 Å². The van der Waals surface area contributed by atoms with E-state index in [1.165, 1.54) is 18.7 Å².